The number of imide groups is 1. The van der Waals surface area contributed by atoms with Crippen molar-refractivity contribution in [2.45, 2.75) is 57.2 Å². The summed E-state index contributed by atoms with van der Waals surface area (Å²) in [5.41, 5.74) is 2.78. The van der Waals surface area contributed by atoms with Crippen molar-refractivity contribution in [1.29, 1.82) is 0 Å². The molecule has 7 heteroatoms. The molecule has 1 aliphatic carbocycles. The molecule has 34 heavy (non-hydrogen) atoms. The molecule has 2 aliphatic heterocycles. The van der Waals surface area contributed by atoms with Crippen molar-refractivity contribution in [3.05, 3.63) is 70.1 Å². The van der Waals surface area contributed by atoms with Crippen LogP contribution in [0.15, 0.2) is 53.3 Å². The third kappa shape index (κ3) is 3.41. The number of para-hydroxylation sites is 2. The Bertz CT molecular complexity index is 1260. The minimum absolute atomic E-state index is 0.0659. The normalized spacial score (nSPS) is 21.4. The van der Waals surface area contributed by atoms with Crippen molar-refractivity contribution in [2.24, 2.45) is 5.92 Å². The third-order valence-corrected chi connectivity index (χ3v) is 8.02. The Morgan fingerprint density at radius 1 is 0.765 bits per heavy atom. The molecule has 1 saturated heterocycles. The van der Waals surface area contributed by atoms with Gasteiger partial charge < -0.3 is 4.98 Å². The maximum atomic E-state index is 13.4. The zero-order valence-electron chi connectivity index (χ0n) is 19.3. The van der Waals surface area contributed by atoms with E-state index in [2.05, 4.69) is 9.88 Å². The van der Waals surface area contributed by atoms with Gasteiger partial charge in [-0.15, -0.1) is 0 Å². The van der Waals surface area contributed by atoms with Gasteiger partial charge in [0.25, 0.3) is 11.8 Å². The van der Waals surface area contributed by atoms with Crippen molar-refractivity contribution in [3.63, 3.8) is 0 Å². The van der Waals surface area contributed by atoms with E-state index in [1.54, 1.807) is 17.0 Å². The van der Waals surface area contributed by atoms with Crippen LogP contribution in [0.4, 0.5) is 0 Å². The molecule has 2 fully saturated rings. The first kappa shape index (κ1) is 21.4. The van der Waals surface area contributed by atoms with Gasteiger partial charge in [0, 0.05) is 19.1 Å². The number of rotatable bonds is 4. The predicted octanol–water partition coefficient (Wildman–Crippen LogP) is 4.17. The van der Waals surface area contributed by atoms with Crippen LogP contribution in [-0.4, -0.2) is 50.4 Å². The molecule has 176 valence electrons. The summed E-state index contributed by atoms with van der Waals surface area (Å²) in [5.74, 6) is -0.0272. The molecule has 0 spiro atoms. The van der Waals surface area contributed by atoms with Gasteiger partial charge in [0.1, 0.15) is 0 Å². The van der Waals surface area contributed by atoms with Crippen LogP contribution in [0.25, 0.3) is 11.0 Å². The number of likely N-dealkylation sites (tertiary alicyclic amines) is 1. The number of nitrogens with zero attached hydrogens (tertiary/aromatic N) is 3. The van der Waals surface area contributed by atoms with E-state index >= 15 is 0 Å². The first-order valence-corrected chi connectivity index (χ1v) is 12.5. The van der Waals surface area contributed by atoms with Gasteiger partial charge in [0.2, 0.25) is 0 Å². The molecule has 1 aromatic heterocycles. The second-order valence-electron chi connectivity index (χ2n) is 9.92. The fourth-order valence-electron chi connectivity index (χ4n) is 6.40. The highest BCUT2D eigenvalue weighted by molar-refractivity contribution is 6.21. The number of imidazole rings is 1. The first-order valence-electron chi connectivity index (χ1n) is 12.5. The Hall–Kier alpha value is -3.19. The number of fused-ring (bicyclic) bond motifs is 2. The molecule has 1 N–H and O–H groups in total. The zero-order valence-corrected chi connectivity index (χ0v) is 19.3. The lowest BCUT2D eigenvalue weighted by atomic mass is 9.85. The minimum Gasteiger partial charge on any atom is -0.306 e. The maximum absolute atomic E-state index is 13.4. The average molecular weight is 459 g/mol. The van der Waals surface area contributed by atoms with Crippen LogP contribution in [0.1, 0.15) is 71.7 Å². The second kappa shape index (κ2) is 8.55. The maximum Gasteiger partial charge on any atom is 0.326 e. The van der Waals surface area contributed by atoms with E-state index in [0.717, 1.165) is 62.6 Å². The molecule has 6 rings (SSSR count). The van der Waals surface area contributed by atoms with Crippen LogP contribution < -0.4 is 5.69 Å². The Morgan fingerprint density at radius 3 is 2.06 bits per heavy atom. The van der Waals surface area contributed by atoms with E-state index in [1.165, 1.54) is 6.42 Å². The van der Waals surface area contributed by atoms with Gasteiger partial charge in [-0.25, -0.2) is 4.79 Å². The topological polar surface area (TPSA) is 78.4 Å². The average Bonchev–Trinajstić information content (AvgIpc) is 3.34. The number of aromatic nitrogens is 2. The number of nitrogens with one attached hydrogen (secondary N) is 1. The van der Waals surface area contributed by atoms with Crippen LogP contribution in [-0.2, 0) is 0 Å². The fraction of sp³-hybridized carbons (Fsp3) is 0.444. The largest absolute Gasteiger partial charge is 0.326 e. The first-order chi connectivity index (χ1) is 16.6. The van der Waals surface area contributed by atoms with Crippen LogP contribution in [0.3, 0.4) is 0 Å². The van der Waals surface area contributed by atoms with Crippen LogP contribution in [0, 0.1) is 5.92 Å². The summed E-state index contributed by atoms with van der Waals surface area (Å²) in [6.45, 7) is 1.51. The van der Waals surface area contributed by atoms with Gasteiger partial charge in [-0.05, 0) is 55.9 Å². The number of hydrogen-bond donors (Lipinski definition) is 1. The van der Waals surface area contributed by atoms with E-state index < -0.39 is 0 Å². The number of H-pyrrole nitrogens is 1. The fourth-order valence-corrected chi connectivity index (χ4v) is 6.40. The monoisotopic (exact) mass is 458 g/mol. The molecule has 1 saturated carbocycles. The molecule has 3 aliphatic rings. The number of benzene rings is 2. The summed E-state index contributed by atoms with van der Waals surface area (Å²) in [7, 11) is 0. The molecule has 3 heterocycles. The van der Waals surface area contributed by atoms with Gasteiger partial charge >= 0.3 is 5.69 Å². The smallest absolute Gasteiger partial charge is 0.306 e. The standard InChI is InChI=1S/C27H30N4O3/c32-25-20-10-4-5-11-21(20)26(33)31(25)24(18-8-2-1-3-9-18)29-16-14-19(15-17-29)30-23-13-7-6-12-22(23)28-27(30)34/h4-7,10-13,18-19,24H,1-3,8-9,14-17H2,(H,28,34). The number of piperidine rings is 1. The molecular weight excluding hydrogens is 428 g/mol. The predicted molar refractivity (Wildman–Crippen MR) is 130 cm³/mol. The number of aromatic amines is 1. The minimum atomic E-state index is -0.214. The number of amides is 2. The third-order valence-electron chi connectivity index (χ3n) is 8.02. The van der Waals surface area contributed by atoms with E-state index in [1.807, 2.05) is 41.0 Å². The quantitative estimate of drug-likeness (QED) is 0.596. The SMILES string of the molecule is O=C1c2ccccc2C(=O)N1C(C1CCCCC1)N1CCC(n2c(=O)[nH]c3ccccc32)CC1. The number of carbonyl (C=O) groups is 2. The lowest BCUT2D eigenvalue weighted by Crippen LogP contribution is -2.57. The van der Waals surface area contributed by atoms with Gasteiger partial charge in [-0.1, -0.05) is 43.5 Å². The van der Waals surface area contributed by atoms with Crippen molar-refractivity contribution < 1.29 is 9.59 Å². The molecule has 0 bridgehead atoms. The second-order valence-corrected chi connectivity index (χ2v) is 9.92. The van der Waals surface area contributed by atoms with Crippen LogP contribution >= 0.6 is 0 Å². The summed E-state index contributed by atoms with van der Waals surface area (Å²) in [5, 5.41) is 0. The molecule has 2 amide bonds. The summed E-state index contributed by atoms with van der Waals surface area (Å²) in [6.07, 6.45) is 7.00. The van der Waals surface area contributed by atoms with Gasteiger partial charge in [-0.2, -0.15) is 0 Å². The number of carbonyl (C=O) groups excluding carboxylic acids is 2. The van der Waals surface area contributed by atoms with E-state index in [0.29, 0.717) is 17.0 Å². The number of hydrogen-bond acceptors (Lipinski definition) is 4. The Balaban J connectivity index is 1.28. The molecule has 0 radical (unpaired) electrons. The molecule has 1 unspecified atom stereocenters. The zero-order chi connectivity index (χ0) is 23.2. The van der Waals surface area contributed by atoms with Gasteiger partial charge in [0.05, 0.1) is 28.3 Å². The Morgan fingerprint density at radius 2 is 1.38 bits per heavy atom. The van der Waals surface area contributed by atoms with Gasteiger partial charge in [0.15, 0.2) is 0 Å². The van der Waals surface area contributed by atoms with Crippen molar-refractivity contribution in [3.8, 4) is 0 Å². The Labute approximate surface area is 198 Å². The lowest BCUT2D eigenvalue weighted by molar-refractivity contribution is -0.00874. The summed E-state index contributed by atoms with van der Waals surface area (Å²) >= 11 is 0. The highest BCUT2D eigenvalue weighted by Gasteiger charge is 2.46. The summed E-state index contributed by atoms with van der Waals surface area (Å²) < 4.78 is 1.89. The van der Waals surface area contributed by atoms with Crippen molar-refractivity contribution in [1.82, 2.24) is 19.4 Å². The molecule has 1 atom stereocenters. The van der Waals surface area contributed by atoms with Crippen molar-refractivity contribution in [2.75, 3.05) is 13.1 Å². The molecule has 7 nitrogen and oxygen atoms in total. The lowest BCUT2D eigenvalue weighted by Gasteiger charge is -2.45. The summed E-state index contributed by atoms with van der Waals surface area (Å²) in [4.78, 5) is 46.4. The summed E-state index contributed by atoms with van der Waals surface area (Å²) in [6, 6.07) is 15.1. The highest BCUT2D eigenvalue weighted by Crippen LogP contribution is 2.37. The van der Waals surface area contributed by atoms with E-state index in [9.17, 15) is 14.4 Å². The molecular formula is C27H30N4O3. The van der Waals surface area contributed by atoms with Crippen LogP contribution in [0.5, 0.6) is 0 Å². The highest BCUT2D eigenvalue weighted by atomic mass is 16.2. The van der Waals surface area contributed by atoms with Crippen molar-refractivity contribution >= 4 is 22.8 Å². The Kier molecular flexibility index (Phi) is 5.37. The van der Waals surface area contributed by atoms with Gasteiger partial charge in [-0.3, -0.25) is 24.0 Å². The molecule has 3 aromatic rings. The van der Waals surface area contributed by atoms with E-state index in [4.69, 9.17) is 0 Å². The molecule has 2 aromatic carbocycles. The van der Waals surface area contributed by atoms with Crippen LogP contribution in [0.2, 0.25) is 0 Å². The van der Waals surface area contributed by atoms with E-state index in [-0.39, 0.29) is 29.7 Å².